The van der Waals surface area contributed by atoms with Gasteiger partial charge in [-0.05, 0) is 108 Å². The van der Waals surface area contributed by atoms with E-state index in [4.69, 9.17) is 14.2 Å². The molecule has 7 rings (SSSR count). The summed E-state index contributed by atoms with van der Waals surface area (Å²) in [5.74, 6) is 1.33. The molecule has 1 unspecified atom stereocenters. The maximum atomic E-state index is 12.3. The lowest BCUT2D eigenvalue weighted by atomic mass is 9.67. The Kier molecular flexibility index (Phi) is 10.9. The molecule has 0 amide bonds. The summed E-state index contributed by atoms with van der Waals surface area (Å²) in [5, 5.41) is 9.71. The Bertz CT molecular complexity index is 2280. The molecule has 0 bridgehead atoms. The predicted octanol–water partition coefficient (Wildman–Crippen LogP) is 10.8. The number of aryl methyl sites for hydroxylation is 1. The molecule has 1 N–H and O–H groups in total. The average molecular weight is 729 g/mol. The monoisotopic (exact) mass is 728 g/mol. The van der Waals surface area contributed by atoms with Crippen molar-refractivity contribution in [3.05, 3.63) is 180 Å². The summed E-state index contributed by atoms with van der Waals surface area (Å²) in [4.78, 5) is 12.3. The Labute approximate surface area is 324 Å². The number of aliphatic hydroxyl groups is 1. The maximum absolute atomic E-state index is 12.3. The highest BCUT2D eigenvalue weighted by molar-refractivity contribution is 5.96. The molecular weight excluding hydrogens is 681 g/mol. The molecule has 1 aliphatic rings. The first-order valence-electron chi connectivity index (χ1n) is 19.0. The zero-order valence-electron chi connectivity index (χ0n) is 32.0. The minimum atomic E-state index is -0.985. The van der Waals surface area contributed by atoms with E-state index in [1.807, 2.05) is 25.1 Å². The summed E-state index contributed by atoms with van der Waals surface area (Å²) in [6, 6.07) is 49.3. The highest BCUT2D eigenvalue weighted by atomic mass is 16.5. The molecule has 6 aromatic rings. The number of hydrogen-bond donors (Lipinski definition) is 1. The van der Waals surface area contributed by atoms with Crippen LogP contribution in [0.25, 0.3) is 33.4 Å². The summed E-state index contributed by atoms with van der Waals surface area (Å²) < 4.78 is 19.0. The highest BCUT2D eigenvalue weighted by Crippen LogP contribution is 2.57. The third-order valence-corrected chi connectivity index (χ3v) is 10.7. The standard InChI is InChI=1S/C50H48O5/c1-6-48(52)49(4,5)54-31-30-53-46-26-24-37(32-42(46)36-17-8-7-9-18-36)50(44-22-14-12-20-40(44)41-21-13-15-23-45(41)50)38-25-27-47(55-35(3)28-29-51)43(33-38)39-19-11-10-16-34(39)2/h6-27,32-33,35,51H,1,28-31H2,2-5H3. The molecule has 1 aliphatic carbocycles. The molecule has 5 nitrogen and oxygen atoms in total. The second-order valence-corrected chi connectivity index (χ2v) is 14.7. The molecule has 0 spiro atoms. The van der Waals surface area contributed by atoms with Crippen LogP contribution in [0.5, 0.6) is 11.5 Å². The van der Waals surface area contributed by atoms with Crippen LogP contribution < -0.4 is 9.47 Å². The predicted molar refractivity (Wildman–Crippen MR) is 222 cm³/mol. The zero-order chi connectivity index (χ0) is 38.6. The van der Waals surface area contributed by atoms with Crippen LogP contribution in [0.2, 0.25) is 0 Å². The average Bonchev–Trinajstić information content (AvgIpc) is 3.51. The Morgan fingerprint density at radius 3 is 1.89 bits per heavy atom. The lowest BCUT2D eigenvalue weighted by molar-refractivity contribution is -0.135. The smallest absolute Gasteiger partial charge is 0.186 e. The summed E-state index contributed by atoms with van der Waals surface area (Å²) in [7, 11) is 0. The Hall–Kier alpha value is -5.75. The van der Waals surface area contributed by atoms with Gasteiger partial charge in [-0.25, -0.2) is 0 Å². The summed E-state index contributed by atoms with van der Waals surface area (Å²) in [6.07, 6.45) is 1.66. The fraction of sp³-hybridized carbons (Fsp3) is 0.220. The molecular formula is C50H48O5. The van der Waals surface area contributed by atoms with E-state index in [2.05, 4.69) is 135 Å². The van der Waals surface area contributed by atoms with Crippen molar-refractivity contribution < 1.29 is 24.1 Å². The fourth-order valence-corrected chi connectivity index (χ4v) is 7.93. The largest absolute Gasteiger partial charge is 0.491 e. The Balaban J connectivity index is 1.44. The van der Waals surface area contributed by atoms with Crippen molar-refractivity contribution in [2.45, 2.75) is 51.2 Å². The normalized spacial score (nSPS) is 13.4. The van der Waals surface area contributed by atoms with Gasteiger partial charge in [-0.15, -0.1) is 0 Å². The first-order chi connectivity index (χ1) is 26.7. The molecule has 278 valence electrons. The van der Waals surface area contributed by atoms with Crippen LogP contribution in [0.4, 0.5) is 0 Å². The molecule has 0 aromatic heterocycles. The van der Waals surface area contributed by atoms with Crippen LogP contribution >= 0.6 is 0 Å². The molecule has 0 aliphatic heterocycles. The van der Waals surface area contributed by atoms with Gasteiger partial charge in [0.15, 0.2) is 5.78 Å². The van der Waals surface area contributed by atoms with E-state index >= 15 is 0 Å². The van der Waals surface area contributed by atoms with Gasteiger partial charge in [0, 0.05) is 24.2 Å². The van der Waals surface area contributed by atoms with Crippen molar-refractivity contribution >= 4 is 5.78 Å². The molecule has 55 heavy (non-hydrogen) atoms. The van der Waals surface area contributed by atoms with Gasteiger partial charge in [-0.3, -0.25) is 4.79 Å². The summed E-state index contributed by atoms with van der Waals surface area (Å²) >= 11 is 0. The van der Waals surface area contributed by atoms with E-state index in [0.717, 1.165) is 50.4 Å². The van der Waals surface area contributed by atoms with Gasteiger partial charge in [-0.2, -0.15) is 0 Å². The van der Waals surface area contributed by atoms with Gasteiger partial charge < -0.3 is 19.3 Å². The van der Waals surface area contributed by atoms with Gasteiger partial charge in [0.1, 0.15) is 23.7 Å². The van der Waals surface area contributed by atoms with E-state index in [-0.39, 0.29) is 31.7 Å². The first-order valence-corrected chi connectivity index (χ1v) is 19.0. The van der Waals surface area contributed by atoms with Crippen molar-refractivity contribution in [3.63, 3.8) is 0 Å². The number of hydrogen-bond acceptors (Lipinski definition) is 5. The summed E-state index contributed by atoms with van der Waals surface area (Å²) in [6.45, 7) is 11.8. The van der Waals surface area contributed by atoms with E-state index in [0.29, 0.717) is 6.42 Å². The van der Waals surface area contributed by atoms with E-state index < -0.39 is 11.0 Å². The first kappa shape index (κ1) is 37.6. The van der Waals surface area contributed by atoms with Gasteiger partial charge in [0.2, 0.25) is 0 Å². The molecule has 0 saturated carbocycles. The second-order valence-electron chi connectivity index (χ2n) is 14.7. The highest BCUT2D eigenvalue weighted by Gasteiger charge is 2.46. The van der Waals surface area contributed by atoms with Crippen LogP contribution in [-0.4, -0.2) is 42.4 Å². The minimum Gasteiger partial charge on any atom is -0.491 e. The van der Waals surface area contributed by atoms with Crippen molar-refractivity contribution in [2.75, 3.05) is 19.8 Å². The third-order valence-electron chi connectivity index (χ3n) is 10.7. The number of fused-ring (bicyclic) bond motifs is 3. The number of rotatable bonds is 15. The van der Waals surface area contributed by atoms with Crippen LogP contribution in [0, 0.1) is 6.92 Å². The van der Waals surface area contributed by atoms with E-state index in [1.54, 1.807) is 13.8 Å². The number of ether oxygens (including phenoxy) is 3. The van der Waals surface area contributed by atoms with Gasteiger partial charge >= 0.3 is 0 Å². The third kappa shape index (κ3) is 7.14. The molecule has 6 aromatic carbocycles. The lowest BCUT2D eigenvalue weighted by Gasteiger charge is -2.35. The van der Waals surface area contributed by atoms with E-state index in [9.17, 15) is 9.90 Å². The number of carbonyl (C=O) groups is 1. The Morgan fingerprint density at radius 1 is 0.709 bits per heavy atom. The molecule has 5 heteroatoms. The Morgan fingerprint density at radius 2 is 1.27 bits per heavy atom. The summed E-state index contributed by atoms with van der Waals surface area (Å²) in [5.41, 5.74) is 10.6. The van der Waals surface area contributed by atoms with Crippen LogP contribution in [0.3, 0.4) is 0 Å². The quantitative estimate of drug-likeness (QED) is 0.0841. The number of aliphatic hydroxyl groups excluding tert-OH is 1. The van der Waals surface area contributed by atoms with Crippen molar-refractivity contribution in [3.8, 4) is 44.9 Å². The van der Waals surface area contributed by atoms with Crippen molar-refractivity contribution in [1.29, 1.82) is 0 Å². The molecule has 0 saturated heterocycles. The minimum absolute atomic E-state index is 0.0546. The lowest BCUT2D eigenvalue weighted by Crippen LogP contribution is -2.35. The van der Waals surface area contributed by atoms with Gasteiger partial charge in [-0.1, -0.05) is 122 Å². The van der Waals surface area contributed by atoms with Gasteiger partial charge in [0.05, 0.1) is 18.1 Å². The number of benzene rings is 6. The van der Waals surface area contributed by atoms with Gasteiger partial charge in [0.25, 0.3) is 0 Å². The van der Waals surface area contributed by atoms with Crippen molar-refractivity contribution in [1.82, 2.24) is 0 Å². The second kappa shape index (κ2) is 15.9. The number of ketones is 1. The fourth-order valence-electron chi connectivity index (χ4n) is 7.93. The van der Waals surface area contributed by atoms with Crippen LogP contribution in [0.15, 0.2) is 152 Å². The van der Waals surface area contributed by atoms with Crippen LogP contribution in [-0.2, 0) is 14.9 Å². The van der Waals surface area contributed by atoms with E-state index in [1.165, 1.54) is 28.3 Å². The molecule has 0 heterocycles. The number of carbonyl (C=O) groups excluding carboxylic acids is 1. The van der Waals surface area contributed by atoms with Crippen molar-refractivity contribution in [2.24, 2.45) is 0 Å². The maximum Gasteiger partial charge on any atom is 0.186 e. The SMILES string of the molecule is C=CC(=O)C(C)(C)OCCOc1ccc(C2(c3ccc(OC(C)CCO)c(-c4ccccc4C)c3)c3ccccc3-c3ccccc32)cc1-c1ccccc1. The molecule has 1 atom stereocenters. The zero-order valence-corrected chi connectivity index (χ0v) is 32.0. The molecule has 0 fully saturated rings. The van der Waals surface area contributed by atoms with Crippen LogP contribution in [0.1, 0.15) is 55.0 Å². The topological polar surface area (TPSA) is 65.0 Å². The molecule has 0 radical (unpaired) electrons.